The fourth-order valence-electron chi connectivity index (χ4n) is 0.859. The number of hydrogen-bond acceptors (Lipinski definition) is 0. The summed E-state index contributed by atoms with van der Waals surface area (Å²) in [5, 5.41) is 0. The van der Waals surface area contributed by atoms with E-state index in [1.54, 1.807) is 0 Å². The van der Waals surface area contributed by atoms with E-state index in [1.807, 2.05) is 0 Å². The lowest BCUT2D eigenvalue weighted by molar-refractivity contribution is 0.973. The van der Waals surface area contributed by atoms with Crippen molar-refractivity contribution in [3.63, 3.8) is 0 Å². The van der Waals surface area contributed by atoms with Gasteiger partial charge in [0.25, 0.3) is 0 Å². The fourth-order valence-corrected chi connectivity index (χ4v) is 0.859. The SMILES string of the molecule is CC=C(C)C=C(CC)CC. The first-order valence-corrected chi connectivity index (χ1v) is 4.06. The summed E-state index contributed by atoms with van der Waals surface area (Å²) in [5.41, 5.74) is 2.91. The Morgan fingerprint density at radius 1 is 1.20 bits per heavy atom. The summed E-state index contributed by atoms with van der Waals surface area (Å²) in [7, 11) is 0. The van der Waals surface area contributed by atoms with Crippen molar-refractivity contribution in [3.05, 3.63) is 23.3 Å². The quantitative estimate of drug-likeness (QED) is 0.522. The van der Waals surface area contributed by atoms with Crippen LogP contribution < -0.4 is 0 Å². The van der Waals surface area contributed by atoms with E-state index in [4.69, 9.17) is 0 Å². The van der Waals surface area contributed by atoms with Crippen LogP contribution in [-0.2, 0) is 0 Å². The van der Waals surface area contributed by atoms with Gasteiger partial charge < -0.3 is 0 Å². The predicted octanol–water partition coefficient (Wildman–Crippen LogP) is 3.70. The minimum Gasteiger partial charge on any atom is -0.0847 e. The van der Waals surface area contributed by atoms with Gasteiger partial charge in [-0.25, -0.2) is 0 Å². The average molecular weight is 138 g/mol. The average Bonchev–Trinajstić information content (AvgIpc) is 1.99. The first kappa shape index (κ1) is 9.48. The Labute approximate surface area is 64.6 Å². The van der Waals surface area contributed by atoms with E-state index >= 15 is 0 Å². The van der Waals surface area contributed by atoms with Gasteiger partial charge in [0, 0.05) is 0 Å². The molecule has 0 heterocycles. The normalized spacial score (nSPS) is 11.4. The lowest BCUT2D eigenvalue weighted by Crippen LogP contribution is -1.78. The van der Waals surface area contributed by atoms with E-state index in [1.165, 1.54) is 24.0 Å². The maximum Gasteiger partial charge on any atom is -0.0346 e. The summed E-state index contributed by atoms with van der Waals surface area (Å²) >= 11 is 0. The van der Waals surface area contributed by atoms with E-state index in [9.17, 15) is 0 Å². The van der Waals surface area contributed by atoms with Crippen molar-refractivity contribution >= 4 is 0 Å². The molecule has 0 nitrogen and oxygen atoms in total. The molecular weight excluding hydrogens is 120 g/mol. The summed E-state index contributed by atoms with van der Waals surface area (Å²) in [4.78, 5) is 0. The molecule has 0 aliphatic rings. The second kappa shape index (κ2) is 5.28. The monoisotopic (exact) mass is 138 g/mol. The third-order valence-corrected chi connectivity index (χ3v) is 1.80. The molecular formula is C10H18. The molecule has 0 aromatic heterocycles. The van der Waals surface area contributed by atoms with Gasteiger partial charge in [0.2, 0.25) is 0 Å². The second-order valence-electron chi connectivity index (χ2n) is 2.54. The minimum atomic E-state index is 1.18. The molecule has 0 amide bonds. The van der Waals surface area contributed by atoms with Crippen molar-refractivity contribution in [3.8, 4) is 0 Å². The molecule has 0 heteroatoms. The molecule has 58 valence electrons. The summed E-state index contributed by atoms with van der Waals surface area (Å²) in [6, 6.07) is 0. The van der Waals surface area contributed by atoms with E-state index in [-0.39, 0.29) is 0 Å². The van der Waals surface area contributed by atoms with Gasteiger partial charge in [-0.05, 0) is 26.7 Å². The first-order chi connectivity index (χ1) is 4.74. The van der Waals surface area contributed by atoms with E-state index < -0.39 is 0 Å². The van der Waals surface area contributed by atoms with Gasteiger partial charge in [0.1, 0.15) is 0 Å². The highest BCUT2D eigenvalue weighted by Gasteiger charge is 1.88. The van der Waals surface area contributed by atoms with Crippen molar-refractivity contribution < 1.29 is 0 Å². The molecule has 0 radical (unpaired) electrons. The maximum absolute atomic E-state index is 2.28. The Bertz CT molecular complexity index is 132. The Morgan fingerprint density at radius 2 is 1.70 bits per heavy atom. The lowest BCUT2D eigenvalue weighted by atomic mass is 10.1. The molecule has 0 aliphatic carbocycles. The molecule has 0 fully saturated rings. The smallest absolute Gasteiger partial charge is 0.0346 e. The third-order valence-electron chi connectivity index (χ3n) is 1.80. The van der Waals surface area contributed by atoms with Crippen molar-refractivity contribution in [2.24, 2.45) is 0 Å². The van der Waals surface area contributed by atoms with Crippen LogP contribution in [0.3, 0.4) is 0 Å². The topological polar surface area (TPSA) is 0 Å². The summed E-state index contributed by atoms with van der Waals surface area (Å²) in [6.07, 6.45) is 6.79. The van der Waals surface area contributed by atoms with Crippen LogP contribution in [0.2, 0.25) is 0 Å². The summed E-state index contributed by atoms with van der Waals surface area (Å²) in [6.45, 7) is 8.64. The highest BCUT2D eigenvalue weighted by molar-refractivity contribution is 5.20. The Kier molecular flexibility index (Phi) is 5.00. The molecule has 0 aromatic rings. The van der Waals surface area contributed by atoms with E-state index in [2.05, 4.69) is 39.8 Å². The van der Waals surface area contributed by atoms with Crippen molar-refractivity contribution in [2.45, 2.75) is 40.5 Å². The summed E-state index contributed by atoms with van der Waals surface area (Å²) < 4.78 is 0. The van der Waals surface area contributed by atoms with Crippen LogP contribution >= 0.6 is 0 Å². The molecule has 0 spiro atoms. The first-order valence-electron chi connectivity index (χ1n) is 4.06. The lowest BCUT2D eigenvalue weighted by Gasteiger charge is -1.98. The van der Waals surface area contributed by atoms with Gasteiger partial charge in [-0.1, -0.05) is 37.1 Å². The molecule has 0 aromatic carbocycles. The zero-order valence-corrected chi connectivity index (χ0v) is 7.57. The van der Waals surface area contributed by atoms with Gasteiger partial charge in [0.05, 0.1) is 0 Å². The second-order valence-corrected chi connectivity index (χ2v) is 2.54. The molecule has 0 bridgehead atoms. The molecule has 0 saturated heterocycles. The maximum atomic E-state index is 2.28. The van der Waals surface area contributed by atoms with Crippen LogP contribution in [0.1, 0.15) is 40.5 Å². The van der Waals surface area contributed by atoms with Crippen molar-refractivity contribution in [2.75, 3.05) is 0 Å². The Morgan fingerprint density at radius 3 is 2.00 bits per heavy atom. The van der Waals surface area contributed by atoms with E-state index in [0.29, 0.717) is 0 Å². The molecule has 0 aliphatic heterocycles. The van der Waals surface area contributed by atoms with Crippen LogP contribution in [0.15, 0.2) is 23.3 Å². The molecule has 0 rings (SSSR count). The molecule has 0 atom stereocenters. The van der Waals surface area contributed by atoms with Crippen LogP contribution in [0.4, 0.5) is 0 Å². The molecule has 0 saturated carbocycles. The van der Waals surface area contributed by atoms with Gasteiger partial charge in [-0.15, -0.1) is 0 Å². The molecule has 0 N–H and O–H groups in total. The minimum absolute atomic E-state index is 1.18. The van der Waals surface area contributed by atoms with Crippen LogP contribution in [0.5, 0.6) is 0 Å². The van der Waals surface area contributed by atoms with Gasteiger partial charge in [-0.2, -0.15) is 0 Å². The molecule has 0 unspecified atom stereocenters. The van der Waals surface area contributed by atoms with Crippen LogP contribution in [0, 0.1) is 0 Å². The highest BCUT2D eigenvalue weighted by atomic mass is 13.9. The van der Waals surface area contributed by atoms with Crippen LogP contribution in [0.25, 0.3) is 0 Å². The Hall–Kier alpha value is -0.520. The summed E-state index contributed by atoms with van der Waals surface area (Å²) in [5.74, 6) is 0. The van der Waals surface area contributed by atoms with Crippen LogP contribution in [-0.4, -0.2) is 0 Å². The van der Waals surface area contributed by atoms with E-state index in [0.717, 1.165) is 0 Å². The van der Waals surface area contributed by atoms with Gasteiger partial charge in [-0.3, -0.25) is 0 Å². The molecule has 10 heavy (non-hydrogen) atoms. The zero-order valence-electron chi connectivity index (χ0n) is 7.57. The highest BCUT2D eigenvalue weighted by Crippen LogP contribution is 2.08. The fraction of sp³-hybridized carbons (Fsp3) is 0.600. The predicted molar refractivity (Wildman–Crippen MR) is 48.1 cm³/mol. The van der Waals surface area contributed by atoms with Gasteiger partial charge >= 0.3 is 0 Å². The number of hydrogen-bond donors (Lipinski definition) is 0. The largest absolute Gasteiger partial charge is 0.0847 e. The van der Waals surface area contributed by atoms with Crippen molar-refractivity contribution in [1.82, 2.24) is 0 Å². The standard InChI is InChI=1S/C10H18/c1-5-9(4)8-10(6-2)7-3/h5,8H,6-7H2,1-4H3. The zero-order chi connectivity index (χ0) is 7.98. The number of rotatable bonds is 3. The third kappa shape index (κ3) is 3.49. The van der Waals surface area contributed by atoms with Crippen molar-refractivity contribution in [1.29, 1.82) is 0 Å². The number of allylic oxidation sites excluding steroid dienone is 4. The Balaban J connectivity index is 4.10. The van der Waals surface area contributed by atoms with Gasteiger partial charge in [0.15, 0.2) is 0 Å².